The van der Waals surface area contributed by atoms with Gasteiger partial charge in [-0.15, -0.1) is 0 Å². The highest BCUT2D eigenvalue weighted by Crippen LogP contribution is 2.22. The molecule has 0 amide bonds. The van der Waals surface area contributed by atoms with Crippen LogP contribution in [0.4, 0.5) is 0 Å². The lowest BCUT2D eigenvalue weighted by Gasteiger charge is -2.09. The molecule has 7 heteroatoms. The smallest absolute Gasteiger partial charge is 0.242 e. The summed E-state index contributed by atoms with van der Waals surface area (Å²) in [6.07, 6.45) is 1.64. The molecule has 0 aromatic heterocycles. The molecule has 0 fully saturated rings. The van der Waals surface area contributed by atoms with Crippen molar-refractivity contribution in [3.63, 3.8) is 0 Å². The number of ether oxygens (including phenoxy) is 1. The lowest BCUT2D eigenvalue weighted by atomic mass is 10.2. The van der Waals surface area contributed by atoms with E-state index in [-0.39, 0.29) is 16.0 Å². The molecule has 0 saturated heterocycles. The number of hydrogen-bond acceptors (Lipinski definition) is 4. The Hall–Kier alpha value is -1.13. The summed E-state index contributed by atoms with van der Waals surface area (Å²) in [6.45, 7) is 4.84. The number of nitriles is 1. The Morgan fingerprint density at radius 3 is 2.67 bits per heavy atom. The van der Waals surface area contributed by atoms with Gasteiger partial charge in [0.25, 0.3) is 0 Å². The molecule has 1 N–H and O–H groups in total. The molecule has 1 rings (SSSR count). The first-order valence-corrected chi connectivity index (χ1v) is 8.54. The quantitative estimate of drug-likeness (QED) is 0.743. The summed E-state index contributed by atoms with van der Waals surface area (Å²) in [5.41, 5.74) is 0.324. The fourth-order valence-electron chi connectivity index (χ4n) is 1.62. The van der Waals surface area contributed by atoms with Crippen molar-refractivity contribution in [2.24, 2.45) is 0 Å². The number of hydrogen-bond donors (Lipinski definition) is 1. The summed E-state index contributed by atoms with van der Waals surface area (Å²) in [5.74, 6) is 0. The van der Waals surface area contributed by atoms with Crippen molar-refractivity contribution in [1.29, 1.82) is 5.26 Å². The largest absolute Gasteiger partial charge is 0.379 e. The first-order valence-electron chi connectivity index (χ1n) is 6.67. The van der Waals surface area contributed by atoms with Crippen LogP contribution >= 0.6 is 11.6 Å². The van der Waals surface area contributed by atoms with Crippen molar-refractivity contribution >= 4 is 21.6 Å². The molecule has 1 aromatic rings. The van der Waals surface area contributed by atoms with Gasteiger partial charge in [0.2, 0.25) is 10.0 Å². The van der Waals surface area contributed by atoms with Gasteiger partial charge in [-0.2, -0.15) is 5.26 Å². The van der Waals surface area contributed by atoms with E-state index in [2.05, 4.69) is 4.72 Å². The molecule has 0 spiro atoms. The SMILES string of the molecule is CC(C)OCCCCNS(=O)(=O)c1ccc(C#N)cc1Cl. The van der Waals surface area contributed by atoms with Crippen LogP contribution in [0.15, 0.2) is 23.1 Å². The predicted molar refractivity (Wildman–Crippen MR) is 81.7 cm³/mol. The maximum atomic E-state index is 12.1. The molecular formula is C14H19ClN2O3S. The Balaban J connectivity index is 2.53. The van der Waals surface area contributed by atoms with E-state index in [1.54, 1.807) is 0 Å². The summed E-state index contributed by atoms with van der Waals surface area (Å²) >= 11 is 5.90. The Kier molecular flexibility index (Phi) is 7.12. The van der Waals surface area contributed by atoms with Gasteiger partial charge in [-0.1, -0.05) is 11.6 Å². The van der Waals surface area contributed by atoms with Crippen LogP contribution in [-0.2, 0) is 14.8 Å². The van der Waals surface area contributed by atoms with Crippen LogP contribution in [0.25, 0.3) is 0 Å². The standard InChI is InChI=1S/C14H19ClN2O3S/c1-11(2)20-8-4-3-7-17-21(18,19)14-6-5-12(10-16)9-13(14)15/h5-6,9,11,17H,3-4,7-8H2,1-2H3. The van der Waals surface area contributed by atoms with E-state index in [9.17, 15) is 8.42 Å². The van der Waals surface area contributed by atoms with Crippen LogP contribution in [0.5, 0.6) is 0 Å². The van der Waals surface area contributed by atoms with Crippen LogP contribution in [0.3, 0.4) is 0 Å². The fraction of sp³-hybridized carbons (Fsp3) is 0.500. The third kappa shape index (κ3) is 6.02. The number of benzene rings is 1. The van der Waals surface area contributed by atoms with Crippen molar-refractivity contribution in [2.45, 2.75) is 37.7 Å². The van der Waals surface area contributed by atoms with Crippen molar-refractivity contribution in [3.8, 4) is 6.07 Å². The molecule has 0 aliphatic rings. The molecule has 0 bridgehead atoms. The molecule has 0 atom stereocenters. The molecule has 116 valence electrons. The van der Waals surface area contributed by atoms with E-state index >= 15 is 0 Å². The van der Waals surface area contributed by atoms with Gasteiger partial charge in [-0.3, -0.25) is 0 Å². The number of unbranched alkanes of at least 4 members (excludes halogenated alkanes) is 1. The van der Waals surface area contributed by atoms with Crippen molar-refractivity contribution in [3.05, 3.63) is 28.8 Å². The zero-order valence-corrected chi connectivity index (χ0v) is 13.7. The lowest BCUT2D eigenvalue weighted by Crippen LogP contribution is -2.25. The van der Waals surface area contributed by atoms with Gasteiger partial charge in [-0.25, -0.2) is 13.1 Å². The van der Waals surface area contributed by atoms with Crippen LogP contribution in [0.1, 0.15) is 32.3 Å². The summed E-state index contributed by atoms with van der Waals surface area (Å²) in [5, 5.41) is 8.78. The Morgan fingerprint density at radius 2 is 2.10 bits per heavy atom. The Labute approximate surface area is 130 Å². The molecule has 5 nitrogen and oxygen atoms in total. The van der Waals surface area contributed by atoms with E-state index in [0.29, 0.717) is 25.1 Å². The van der Waals surface area contributed by atoms with E-state index in [4.69, 9.17) is 21.6 Å². The number of halogens is 1. The first-order chi connectivity index (χ1) is 9.86. The van der Waals surface area contributed by atoms with E-state index in [1.807, 2.05) is 19.9 Å². The third-order valence-corrected chi connectivity index (χ3v) is 4.61. The van der Waals surface area contributed by atoms with E-state index in [1.165, 1.54) is 18.2 Å². The maximum absolute atomic E-state index is 12.1. The minimum absolute atomic E-state index is 0.0124. The second-order valence-corrected chi connectivity index (χ2v) is 6.92. The molecule has 0 unspecified atom stereocenters. The lowest BCUT2D eigenvalue weighted by molar-refractivity contribution is 0.0762. The van der Waals surface area contributed by atoms with Gasteiger partial charge >= 0.3 is 0 Å². The first kappa shape index (κ1) is 17.9. The van der Waals surface area contributed by atoms with Crippen LogP contribution in [0, 0.1) is 11.3 Å². The molecule has 0 heterocycles. The minimum atomic E-state index is -3.65. The van der Waals surface area contributed by atoms with Crippen LogP contribution < -0.4 is 4.72 Å². The molecule has 0 saturated carbocycles. The van der Waals surface area contributed by atoms with Gasteiger partial charge in [0.1, 0.15) is 4.90 Å². The topological polar surface area (TPSA) is 79.2 Å². The highest BCUT2D eigenvalue weighted by atomic mass is 35.5. The highest BCUT2D eigenvalue weighted by Gasteiger charge is 2.17. The zero-order chi connectivity index (χ0) is 15.9. The molecule has 0 aliphatic carbocycles. The number of nitrogens with one attached hydrogen (secondary N) is 1. The average molecular weight is 331 g/mol. The number of rotatable bonds is 8. The van der Waals surface area contributed by atoms with Gasteiger partial charge in [0.15, 0.2) is 0 Å². The summed E-state index contributed by atoms with van der Waals surface area (Å²) < 4.78 is 32.0. The highest BCUT2D eigenvalue weighted by molar-refractivity contribution is 7.89. The van der Waals surface area contributed by atoms with Crippen LogP contribution in [-0.4, -0.2) is 27.7 Å². The van der Waals surface area contributed by atoms with Gasteiger partial charge in [0.05, 0.1) is 22.8 Å². The molecule has 0 aliphatic heterocycles. The van der Waals surface area contributed by atoms with Gasteiger partial charge in [-0.05, 0) is 44.9 Å². The molecular weight excluding hydrogens is 312 g/mol. The predicted octanol–water partition coefficient (Wildman–Crippen LogP) is 2.70. The van der Waals surface area contributed by atoms with E-state index in [0.717, 1.165) is 6.42 Å². The third-order valence-electron chi connectivity index (χ3n) is 2.66. The van der Waals surface area contributed by atoms with Crippen molar-refractivity contribution in [1.82, 2.24) is 4.72 Å². The molecule has 21 heavy (non-hydrogen) atoms. The molecule has 1 aromatic carbocycles. The summed E-state index contributed by atoms with van der Waals surface area (Å²) in [7, 11) is -3.65. The minimum Gasteiger partial charge on any atom is -0.379 e. The second kappa shape index (κ2) is 8.35. The second-order valence-electron chi connectivity index (χ2n) is 4.78. The average Bonchev–Trinajstić information content (AvgIpc) is 2.41. The Morgan fingerprint density at radius 1 is 1.38 bits per heavy atom. The van der Waals surface area contributed by atoms with Crippen molar-refractivity contribution < 1.29 is 13.2 Å². The van der Waals surface area contributed by atoms with Crippen LogP contribution in [0.2, 0.25) is 5.02 Å². The summed E-state index contributed by atoms with van der Waals surface area (Å²) in [6, 6.07) is 6.01. The monoisotopic (exact) mass is 330 g/mol. The van der Waals surface area contributed by atoms with Gasteiger partial charge in [0, 0.05) is 13.2 Å². The summed E-state index contributed by atoms with van der Waals surface area (Å²) in [4.78, 5) is -0.0124. The fourth-order valence-corrected chi connectivity index (χ4v) is 3.24. The number of sulfonamides is 1. The Bertz CT molecular complexity index is 609. The maximum Gasteiger partial charge on any atom is 0.242 e. The normalized spacial score (nSPS) is 11.6. The zero-order valence-electron chi connectivity index (χ0n) is 12.1. The number of nitrogens with zero attached hydrogens (tertiary/aromatic N) is 1. The van der Waals surface area contributed by atoms with Crippen molar-refractivity contribution in [2.75, 3.05) is 13.2 Å². The molecule has 0 radical (unpaired) electrons. The van der Waals surface area contributed by atoms with E-state index < -0.39 is 10.0 Å². The van der Waals surface area contributed by atoms with Gasteiger partial charge < -0.3 is 4.74 Å².